The molecular weight excluding hydrogens is 228 g/mol. The Morgan fingerprint density at radius 1 is 1.39 bits per heavy atom. The molecule has 0 spiro atoms. The lowest BCUT2D eigenvalue weighted by molar-refractivity contribution is -0.123. The van der Waals surface area contributed by atoms with Crippen molar-refractivity contribution >= 4 is 5.91 Å². The van der Waals surface area contributed by atoms with Crippen LogP contribution in [0.2, 0.25) is 0 Å². The Balaban J connectivity index is 1.78. The monoisotopic (exact) mass is 254 g/mol. The van der Waals surface area contributed by atoms with Crippen LogP contribution in [0.1, 0.15) is 19.3 Å². The summed E-state index contributed by atoms with van der Waals surface area (Å²) in [7, 11) is 2.24. The van der Waals surface area contributed by atoms with Gasteiger partial charge in [0.25, 0.3) is 0 Å². The van der Waals surface area contributed by atoms with Crippen molar-refractivity contribution in [3.05, 3.63) is 0 Å². The van der Waals surface area contributed by atoms with E-state index in [-0.39, 0.29) is 5.91 Å². The number of piperidine rings is 2. The van der Waals surface area contributed by atoms with Crippen LogP contribution in [0.25, 0.3) is 0 Å². The second kappa shape index (κ2) is 6.50. The molecule has 0 saturated carbocycles. The van der Waals surface area contributed by atoms with E-state index in [4.69, 9.17) is 5.73 Å². The number of hydrogen-bond acceptors (Lipinski definition) is 4. The normalized spacial score (nSPS) is 29.9. The van der Waals surface area contributed by atoms with Gasteiger partial charge in [-0.25, -0.2) is 0 Å². The predicted molar refractivity (Wildman–Crippen MR) is 72.3 cm³/mol. The summed E-state index contributed by atoms with van der Waals surface area (Å²) in [5, 5.41) is 2.84. The topological polar surface area (TPSA) is 61.6 Å². The average molecular weight is 254 g/mol. The lowest BCUT2D eigenvalue weighted by Crippen LogP contribution is -2.54. The van der Waals surface area contributed by atoms with E-state index < -0.39 is 0 Å². The number of rotatable bonds is 4. The fourth-order valence-electron chi connectivity index (χ4n) is 3.34. The molecule has 104 valence electrons. The molecule has 1 amide bonds. The number of carbonyl (C=O) groups excluding carboxylic acids is 1. The molecule has 2 atom stereocenters. The van der Waals surface area contributed by atoms with Gasteiger partial charge in [-0.15, -0.1) is 0 Å². The number of nitrogens with zero attached hydrogens (tertiary/aromatic N) is 2. The molecular formula is C13H26N4O. The van der Waals surface area contributed by atoms with E-state index in [1.807, 2.05) is 0 Å². The van der Waals surface area contributed by atoms with E-state index in [1.54, 1.807) is 0 Å². The highest BCUT2D eigenvalue weighted by Gasteiger charge is 2.34. The molecule has 0 aliphatic carbocycles. The SMILES string of the molecule is CN1CCCC2CN(CC(=O)NCCN)CCC21. The van der Waals surface area contributed by atoms with Crippen molar-refractivity contribution in [3.63, 3.8) is 0 Å². The molecule has 0 radical (unpaired) electrons. The number of amides is 1. The van der Waals surface area contributed by atoms with Crippen molar-refractivity contribution < 1.29 is 4.79 Å². The molecule has 18 heavy (non-hydrogen) atoms. The molecule has 2 unspecified atom stereocenters. The highest BCUT2D eigenvalue weighted by molar-refractivity contribution is 5.78. The summed E-state index contributed by atoms with van der Waals surface area (Å²) >= 11 is 0. The molecule has 2 rings (SSSR count). The van der Waals surface area contributed by atoms with Gasteiger partial charge in [0.15, 0.2) is 0 Å². The molecule has 0 bridgehead atoms. The van der Waals surface area contributed by atoms with Gasteiger partial charge < -0.3 is 16.0 Å². The lowest BCUT2D eigenvalue weighted by Gasteiger charge is -2.45. The second-order valence-electron chi connectivity index (χ2n) is 5.61. The van der Waals surface area contributed by atoms with Gasteiger partial charge in [-0.1, -0.05) is 0 Å². The highest BCUT2D eigenvalue weighted by atomic mass is 16.2. The van der Waals surface area contributed by atoms with Crippen molar-refractivity contribution in [1.82, 2.24) is 15.1 Å². The second-order valence-corrected chi connectivity index (χ2v) is 5.61. The zero-order chi connectivity index (χ0) is 13.0. The first-order valence-electron chi connectivity index (χ1n) is 7.10. The Morgan fingerprint density at radius 3 is 3.00 bits per heavy atom. The predicted octanol–water partition coefficient (Wildman–Crippen LogP) is -0.523. The van der Waals surface area contributed by atoms with E-state index in [1.165, 1.54) is 25.8 Å². The van der Waals surface area contributed by atoms with Gasteiger partial charge in [0.2, 0.25) is 5.91 Å². The number of fused-ring (bicyclic) bond motifs is 1. The molecule has 2 aliphatic heterocycles. The zero-order valence-corrected chi connectivity index (χ0v) is 11.4. The molecule has 2 heterocycles. The van der Waals surface area contributed by atoms with Gasteiger partial charge >= 0.3 is 0 Å². The first kappa shape index (κ1) is 13.8. The Hall–Kier alpha value is -0.650. The summed E-state index contributed by atoms with van der Waals surface area (Å²) in [5.41, 5.74) is 5.38. The third-order valence-corrected chi connectivity index (χ3v) is 4.26. The number of nitrogens with one attached hydrogen (secondary N) is 1. The van der Waals surface area contributed by atoms with Crippen LogP contribution in [-0.2, 0) is 4.79 Å². The van der Waals surface area contributed by atoms with Gasteiger partial charge in [-0.2, -0.15) is 0 Å². The molecule has 0 aromatic carbocycles. The van der Waals surface area contributed by atoms with Crippen molar-refractivity contribution in [1.29, 1.82) is 0 Å². The average Bonchev–Trinajstić information content (AvgIpc) is 2.36. The van der Waals surface area contributed by atoms with Crippen LogP contribution < -0.4 is 11.1 Å². The first-order chi connectivity index (χ1) is 8.70. The third kappa shape index (κ3) is 3.43. The summed E-state index contributed by atoms with van der Waals surface area (Å²) < 4.78 is 0. The Bertz CT molecular complexity index is 284. The molecule has 2 saturated heterocycles. The largest absolute Gasteiger partial charge is 0.354 e. The van der Waals surface area contributed by atoms with Gasteiger partial charge in [-0.05, 0) is 38.8 Å². The van der Waals surface area contributed by atoms with Crippen molar-refractivity contribution in [2.45, 2.75) is 25.3 Å². The maximum atomic E-state index is 11.7. The van der Waals surface area contributed by atoms with E-state index >= 15 is 0 Å². The van der Waals surface area contributed by atoms with Crippen LogP contribution in [0.3, 0.4) is 0 Å². The van der Waals surface area contributed by atoms with E-state index in [9.17, 15) is 4.79 Å². The number of likely N-dealkylation sites (tertiary alicyclic amines) is 2. The van der Waals surface area contributed by atoms with E-state index in [0.29, 0.717) is 19.6 Å². The molecule has 3 N–H and O–H groups in total. The Labute approximate surface area is 110 Å². The third-order valence-electron chi connectivity index (χ3n) is 4.26. The summed E-state index contributed by atoms with van der Waals surface area (Å²) in [6.45, 7) is 4.99. The molecule has 5 nitrogen and oxygen atoms in total. The van der Waals surface area contributed by atoms with Crippen LogP contribution in [0.4, 0.5) is 0 Å². The van der Waals surface area contributed by atoms with Crippen LogP contribution in [0.5, 0.6) is 0 Å². The van der Waals surface area contributed by atoms with Gasteiger partial charge in [0.05, 0.1) is 6.54 Å². The maximum absolute atomic E-state index is 11.7. The quantitative estimate of drug-likeness (QED) is 0.708. The minimum absolute atomic E-state index is 0.114. The van der Waals surface area contributed by atoms with Crippen LogP contribution in [-0.4, -0.2) is 68.1 Å². The zero-order valence-electron chi connectivity index (χ0n) is 11.4. The minimum Gasteiger partial charge on any atom is -0.354 e. The fourth-order valence-corrected chi connectivity index (χ4v) is 3.34. The summed E-state index contributed by atoms with van der Waals surface area (Å²) in [6.07, 6.45) is 3.81. The van der Waals surface area contributed by atoms with Crippen LogP contribution in [0, 0.1) is 5.92 Å². The minimum atomic E-state index is 0.114. The van der Waals surface area contributed by atoms with Crippen LogP contribution in [0.15, 0.2) is 0 Å². The molecule has 0 aromatic rings. The number of carbonyl (C=O) groups is 1. The van der Waals surface area contributed by atoms with Crippen molar-refractivity contribution in [3.8, 4) is 0 Å². The van der Waals surface area contributed by atoms with E-state index in [0.717, 1.165) is 25.0 Å². The Kier molecular flexibility index (Phi) is 4.97. The molecule has 2 aliphatic rings. The fraction of sp³-hybridized carbons (Fsp3) is 0.923. The van der Waals surface area contributed by atoms with Crippen molar-refractivity contribution in [2.75, 3.05) is 46.3 Å². The maximum Gasteiger partial charge on any atom is 0.234 e. The highest BCUT2D eigenvalue weighted by Crippen LogP contribution is 2.29. The summed E-state index contributed by atoms with van der Waals surface area (Å²) in [5.74, 6) is 0.864. The van der Waals surface area contributed by atoms with Gasteiger partial charge in [-0.3, -0.25) is 9.69 Å². The Morgan fingerprint density at radius 2 is 2.22 bits per heavy atom. The van der Waals surface area contributed by atoms with Crippen molar-refractivity contribution in [2.24, 2.45) is 11.7 Å². The summed E-state index contributed by atoms with van der Waals surface area (Å²) in [4.78, 5) is 16.5. The number of hydrogen-bond donors (Lipinski definition) is 2. The smallest absolute Gasteiger partial charge is 0.234 e. The summed E-state index contributed by atoms with van der Waals surface area (Å²) in [6, 6.07) is 0.738. The first-order valence-corrected chi connectivity index (χ1v) is 7.10. The molecule has 2 fully saturated rings. The van der Waals surface area contributed by atoms with Crippen LogP contribution >= 0.6 is 0 Å². The van der Waals surface area contributed by atoms with E-state index in [2.05, 4.69) is 22.2 Å². The number of nitrogens with two attached hydrogens (primary N) is 1. The van der Waals surface area contributed by atoms with Gasteiger partial charge in [0.1, 0.15) is 0 Å². The molecule has 0 aromatic heterocycles. The van der Waals surface area contributed by atoms with Gasteiger partial charge in [0, 0.05) is 32.2 Å². The lowest BCUT2D eigenvalue weighted by atomic mass is 9.84. The molecule has 5 heteroatoms. The standard InChI is InChI=1S/C13H26N4O/c1-16-7-2-3-11-9-17(8-4-12(11)16)10-13(18)15-6-5-14/h11-12H,2-10,14H2,1H3,(H,15,18).